The fourth-order valence-corrected chi connectivity index (χ4v) is 0.952. The molecule has 15 heavy (non-hydrogen) atoms. The minimum absolute atomic E-state index is 0.329. The van der Waals surface area contributed by atoms with Crippen LogP contribution in [0.1, 0.15) is 58.8 Å². The van der Waals surface area contributed by atoms with E-state index in [2.05, 4.69) is 9.97 Å². The van der Waals surface area contributed by atoms with Gasteiger partial charge in [-0.25, -0.2) is 9.97 Å². The van der Waals surface area contributed by atoms with E-state index in [9.17, 15) is 5.11 Å². The molecule has 0 radical (unpaired) electrons. The predicted octanol–water partition coefficient (Wildman–Crippen LogP) is 2.85. The van der Waals surface area contributed by atoms with Crippen LogP contribution in [-0.4, -0.2) is 15.1 Å². The van der Waals surface area contributed by atoms with Gasteiger partial charge in [0, 0.05) is 23.9 Å². The average molecular weight is 210 g/mol. The molecule has 0 aliphatic carbocycles. The van der Waals surface area contributed by atoms with Crippen molar-refractivity contribution in [2.45, 2.75) is 53.1 Å². The number of hydrogen-bond donors (Lipinski definition) is 1. The first-order valence-corrected chi connectivity index (χ1v) is 5.46. The largest absolute Gasteiger partial charge is 0.386 e. The van der Waals surface area contributed by atoms with E-state index in [-0.39, 0.29) is 0 Å². The molecule has 0 unspecified atom stereocenters. The topological polar surface area (TPSA) is 46.0 Å². The fraction of sp³-hybridized carbons (Fsp3) is 0.667. The van der Waals surface area contributed by atoms with Crippen LogP contribution < -0.4 is 0 Å². The van der Waals surface area contributed by atoms with Crippen LogP contribution in [0.25, 0.3) is 0 Å². The highest BCUT2D eigenvalue weighted by molar-refractivity contribution is 5.13. The molecule has 0 spiro atoms. The monoisotopic (exact) mass is 210 g/mol. The Morgan fingerprint density at radius 2 is 1.53 bits per heavy atom. The Morgan fingerprint density at radius 1 is 1.13 bits per heavy atom. The smallest absolute Gasteiger partial charge is 0.130 e. The van der Waals surface area contributed by atoms with Crippen molar-refractivity contribution in [2.75, 3.05) is 0 Å². The minimum Gasteiger partial charge on any atom is -0.386 e. The summed E-state index contributed by atoms with van der Waals surface area (Å²) in [5.74, 6) is 1.14. The molecule has 1 N–H and O–H groups in total. The van der Waals surface area contributed by atoms with Gasteiger partial charge in [0.05, 0.1) is 5.60 Å². The Bertz CT molecular complexity index is 273. The number of aromatic nitrogens is 2. The van der Waals surface area contributed by atoms with Crippen LogP contribution in [0.5, 0.6) is 0 Å². The Morgan fingerprint density at radius 3 is 1.80 bits per heavy atom. The lowest BCUT2D eigenvalue weighted by Crippen LogP contribution is -2.16. The lowest BCUT2D eigenvalue weighted by Gasteiger charge is -2.16. The molecule has 0 amide bonds. The molecule has 1 aromatic heterocycles. The van der Waals surface area contributed by atoms with E-state index in [4.69, 9.17) is 0 Å². The Hall–Kier alpha value is -0.960. The van der Waals surface area contributed by atoms with Crippen molar-refractivity contribution in [2.24, 2.45) is 0 Å². The lowest BCUT2D eigenvalue weighted by atomic mass is 10.0. The number of aliphatic hydroxyl groups is 1. The Kier molecular flexibility index (Phi) is 5.44. The summed E-state index contributed by atoms with van der Waals surface area (Å²) in [6, 6.07) is 0. The van der Waals surface area contributed by atoms with Gasteiger partial charge in [-0.3, -0.25) is 0 Å². The van der Waals surface area contributed by atoms with E-state index in [1.165, 1.54) is 0 Å². The van der Waals surface area contributed by atoms with E-state index in [1.807, 2.05) is 27.7 Å². The molecule has 1 heterocycles. The highest BCUT2D eigenvalue weighted by Gasteiger charge is 2.16. The van der Waals surface area contributed by atoms with Gasteiger partial charge in [0.2, 0.25) is 0 Å². The van der Waals surface area contributed by atoms with Crippen molar-refractivity contribution in [3.05, 3.63) is 23.8 Å². The molecule has 0 saturated carbocycles. The van der Waals surface area contributed by atoms with Gasteiger partial charge >= 0.3 is 0 Å². The van der Waals surface area contributed by atoms with Gasteiger partial charge < -0.3 is 5.11 Å². The fourth-order valence-electron chi connectivity index (χ4n) is 0.952. The van der Waals surface area contributed by atoms with E-state index >= 15 is 0 Å². The summed E-state index contributed by atoms with van der Waals surface area (Å²) in [6.45, 7) is 11.5. The number of hydrogen-bond acceptors (Lipinski definition) is 3. The van der Waals surface area contributed by atoms with Crippen molar-refractivity contribution in [3.63, 3.8) is 0 Å². The summed E-state index contributed by atoms with van der Waals surface area (Å²) in [6.07, 6.45) is 3.37. The Labute approximate surface area is 92.6 Å². The van der Waals surface area contributed by atoms with Crippen LogP contribution in [0, 0.1) is 0 Å². The van der Waals surface area contributed by atoms with Gasteiger partial charge in [-0.2, -0.15) is 0 Å². The van der Waals surface area contributed by atoms with E-state index in [0.717, 1.165) is 11.4 Å². The predicted molar refractivity (Wildman–Crippen MR) is 62.7 cm³/mol. The zero-order valence-corrected chi connectivity index (χ0v) is 10.6. The standard InChI is InChI=1S/C10H16N2O.C2H6/c1-7(2)9-11-5-8(6-12-9)10(3,4)13;1-2/h5-7,13H,1-4H3;1-2H3. The van der Waals surface area contributed by atoms with Crippen LogP contribution in [0.4, 0.5) is 0 Å². The van der Waals surface area contributed by atoms with Crippen LogP contribution in [-0.2, 0) is 5.60 Å². The van der Waals surface area contributed by atoms with E-state index < -0.39 is 5.60 Å². The van der Waals surface area contributed by atoms with Gasteiger partial charge in [0.15, 0.2) is 0 Å². The molecular formula is C12H22N2O. The Balaban J connectivity index is 0.000000921. The molecule has 0 aliphatic heterocycles. The first kappa shape index (κ1) is 14.0. The summed E-state index contributed by atoms with van der Waals surface area (Å²) in [7, 11) is 0. The van der Waals surface area contributed by atoms with E-state index in [0.29, 0.717) is 5.92 Å². The molecule has 0 bridgehead atoms. The molecule has 1 aromatic rings. The molecule has 86 valence electrons. The van der Waals surface area contributed by atoms with Gasteiger partial charge in [-0.05, 0) is 13.8 Å². The average Bonchev–Trinajstić information content (AvgIpc) is 2.20. The third-order valence-corrected chi connectivity index (χ3v) is 1.89. The molecule has 0 aliphatic rings. The lowest BCUT2D eigenvalue weighted by molar-refractivity contribution is 0.0777. The SMILES string of the molecule is CC.CC(C)c1ncc(C(C)(C)O)cn1. The quantitative estimate of drug-likeness (QED) is 0.816. The normalized spacial score (nSPS) is 10.9. The van der Waals surface area contributed by atoms with Crippen LogP contribution in [0.3, 0.4) is 0 Å². The summed E-state index contributed by atoms with van der Waals surface area (Å²) in [4.78, 5) is 8.35. The van der Waals surface area contributed by atoms with Gasteiger partial charge in [-0.1, -0.05) is 27.7 Å². The second-order valence-corrected chi connectivity index (χ2v) is 4.04. The van der Waals surface area contributed by atoms with Crippen molar-refractivity contribution in [1.29, 1.82) is 0 Å². The third kappa shape index (κ3) is 4.38. The van der Waals surface area contributed by atoms with Gasteiger partial charge in [-0.15, -0.1) is 0 Å². The van der Waals surface area contributed by atoms with Crippen molar-refractivity contribution in [3.8, 4) is 0 Å². The summed E-state index contributed by atoms with van der Waals surface area (Å²) in [5.41, 5.74) is -0.105. The van der Waals surface area contributed by atoms with Crippen LogP contribution >= 0.6 is 0 Å². The van der Waals surface area contributed by atoms with Crippen LogP contribution in [0.2, 0.25) is 0 Å². The van der Waals surface area contributed by atoms with Crippen molar-refractivity contribution in [1.82, 2.24) is 9.97 Å². The summed E-state index contributed by atoms with van der Waals surface area (Å²) >= 11 is 0. The molecule has 0 fully saturated rings. The molecule has 3 heteroatoms. The molecular weight excluding hydrogens is 188 g/mol. The van der Waals surface area contributed by atoms with Crippen molar-refractivity contribution >= 4 is 0 Å². The summed E-state index contributed by atoms with van der Waals surface area (Å²) in [5, 5.41) is 9.64. The van der Waals surface area contributed by atoms with E-state index in [1.54, 1.807) is 26.2 Å². The maximum Gasteiger partial charge on any atom is 0.130 e. The first-order chi connectivity index (χ1) is 6.91. The molecule has 3 nitrogen and oxygen atoms in total. The molecule has 0 aromatic carbocycles. The zero-order valence-electron chi connectivity index (χ0n) is 10.6. The molecule has 0 saturated heterocycles. The van der Waals surface area contributed by atoms with Crippen molar-refractivity contribution < 1.29 is 5.11 Å². The highest BCUT2D eigenvalue weighted by Crippen LogP contribution is 2.18. The van der Waals surface area contributed by atoms with Gasteiger partial charge in [0.1, 0.15) is 5.82 Å². The number of nitrogens with zero attached hydrogens (tertiary/aromatic N) is 2. The zero-order chi connectivity index (χ0) is 12.1. The second kappa shape index (κ2) is 5.81. The second-order valence-electron chi connectivity index (χ2n) is 4.04. The maximum absolute atomic E-state index is 9.64. The highest BCUT2D eigenvalue weighted by atomic mass is 16.3. The minimum atomic E-state index is -0.852. The first-order valence-electron chi connectivity index (χ1n) is 5.46. The number of rotatable bonds is 2. The van der Waals surface area contributed by atoms with Crippen LogP contribution in [0.15, 0.2) is 12.4 Å². The molecule has 0 atom stereocenters. The van der Waals surface area contributed by atoms with Gasteiger partial charge in [0.25, 0.3) is 0 Å². The summed E-state index contributed by atoms with van der Waals surface area (Å²) < 4.78 is 0. The third-order valence-electron chi connectivity index (χ3n) is 1.89. The molecule has 1 rings (SSSR count). The maximum atomic E-state index is 9.64.